The van der Waals surface area contributed by atoms with Crippen LogP contribution < -0.4 is 34.7 Å². The monoisotopic (exact) mass is 268 g/mol. The summed E-state index contributed by atoms with van der Waals surface area (Å²) in [6.45, 7) is 0. The molecule has 0 aliphatic carbocycles. The zero-order valence-corrected chi connectivity index (χ0v) is 13.3. The number of rotatable bonds is 7. The molecule has 0 aromatic rings. The average Bonchev–Trinajstić information content (AvgIpc) is 2.32. The van der Waals surface area contributed by atoms with Crippen LogP contribution in [0.1, 0.15) is 32.1 Å². The molecule has 0 saturated carbocycles. The Bertz CT molecular complexity index is 394. The van der Waals surface area contributed by atoms with E-state index in [1.807, 2.05) is 12.2 Å². The Morgan fingerprint density at radius 1 is 1.42 bits per heavy atom. The van der Waals surface area contributed by atoms with E-state index in [2.05, 4.69) is 17.8 Å². The first-order valence-corrected chi connectivity index (χ1v) is 5.81. The van der Waals surface area contributed by atoms with E-state index >= 15 is 0 Å². The number of terminal acetylenes is 1. The molecule has 0 spiro atoms. The molecule has 96 valence electrons. The maximum atomic E-state index is 10.1. The van der Waals surface area contributed by atoms with Crippen molar-refractivity contribution in [3.63, 3.8) is 0 Å². The van der Waals surface area contributed by atoms with E-state index in [9.17, 15) is 15.0 Å². The van der Waals surface area contributed by atoms with Crippen LogP contribution in [0.2, 0.25) is 0 Å². The molecule has 0 radical (unpaired) electrons. The van der Waals surface area contributed by atoms with Gasteiger partial charge in [0.25, 0.3) is 0 Å². The molecule has 4 heteroatoms. The average molecular weight is 268 g/mol. The van der Waals surface area contributed by atoms with Crippen LogP contribution in [0.5, 0.6) is 0 Å². The zero-order valence-electron chi connectivity index (χ0n) is 11.3. The van der Waals surface area contributed by atoms with E-state index in [1.165, 1.54) is 0 Å². The Morgan fingerprint density at radius 2 is 2.16 bits per heavy atom. The van der Waals surface area contributed by atoms with Crippen molar-refractivity contribution in [2.45, 2.75) is 38.2 Å². The summed E-state index contributed by atoms with van der Waals surface area (Å²) in [5, 5.41) is 19.5. The van der Waals surface area contributed by atoms with Gasteiger partial charge in [-0.1, -0.05) is 30.1 Å². The van der Waals surface area contributed by atoms with Gasteiger partial charge in [-0.15, -0.1) is 12.3 Å². The summed E-state index contributed by atoms with van der Waals surface area (Å²) in [4.78, 5) is 10.1. The summed E-state index contributed by atoms with van der Waals surface area (Å²) in [7, 11) is 0. The summed E-state index contributed by atoms with van der Waals surface area (Å²) in [6.07, 6.45) is 13.7. The number of hydrogen-bond acceptors (Lipinski definition) is 3. The van der Waals surface area contributed by atoms with Gasteiger partial charge in [0.15, 0.2) is 0 Å². The van der Waals surface area contributed by atoms with Gasteiger partial charge in [-0.25, -0.2) is 0 Å². The smallest absolute Gasteiger partial charge is 0.550 e. The molecule has 1 atom stereocenters. The minimum Gasteiger partial charge on any atom is -0.550 e. The van der Waals surface area contributed by atoms with Gasteiger partial charge in [-0.05, 0) is 31.8 Å². The van der Waals surface area contributed by atoms with Crippen LogP contribution in [-0.4, -0.2) is 17.2 Å². The van der Waals surface area contributed by atoms with Crippen LogP contribution in [0.3, 0.4) is 0 Å². The Balaban J connectivity index is 0. The van der Waals surface area contributed by atoms with Crippen molar-refractivity contribution >= 4 is 5.97 Å². The van der Waals surface area contributed by atoms with Crippen LogP contribution in [0.4, 0.5) is 0 Å². The second-order valence-electron chi connectivity index (χ2n) is 3.60. The van der Waals surface area contributed by atoms with Crippen molar-refractivity contribution < 1.29 is 44.6 Å². The second kappa shape index (κ2) is 15.1. The number of carbonyl (C=O) groups is 1. The second-order valence-corrected chi connectivity index (χ2v) is 3.60. The topological polar surface area (TPSA) is 60.4 Å². The van der Waals surface area contributed by atoms with Crippen LogP contribution in [0.25, 0.3) is 0 Å². The Morgan fingerprint density at radius 3 is 2.79 bits per heavy atom. The third kappa shape index (κ3) is 17.0. The first-order valence-electron chi connectivity index (χ1n) is 5.81. The summed E-state index contributed by atoms with van der Waals surface area (Å²) in [6, 6.07) is 0. The summed E-state index contributed by atoms with van der Waals surface area (Å²) < 4.78 is 0. The fourth-order valence-corrected chi connectivity index (χ4v) is 1.10. The van der Waals surface area contributed by atoms with Gasteiger partial charge in [0.2, 0.25) is 0 Å². The van der Waals surface area contributed by atoms with E-state index in [0.29, 0.717) is 19.3 Å². The number of carboxylic acids is 1. The fraction of sp³-hybridized carbons (Fsp3) is 0.400. The molecule has 0 aliphatic heterocycles. The van der Waals surface area contributed by atoms with Crippen molar-refractivity contribution in [2.75, 3.05) is 0 Å². The molecule has 0 rings (SSSR count). The summed E-state index contributed by atoms with van der Waals surface area (Å²) >= 11 is 0. The van der Waals surface area contributed by atoms with Crippen LogP contribution in [0.15, 0.2) is 24.3 Å². The molecule has 0 aromatic heterocycles. The third-order valence-electron chi connectivity index (χ3n) is 1.99. The molecule has 0 bridgehead atoms. The SMILES string of the molecule is C#CCC/C=C/C=C/C#C[C@@H](O)CCCC(=O)[O-].[Na+]. The molecular formula is C15H17NaO3. The molecule has 0 unspecified atom stereocenters. The summed E-state index contributed by atoms with van der Waals surface area (Å²) in [5.74, 6) is 6.70. The van der Waals surface area contributed by atoms with E-state index in [1.54, 1.807) is 12.2 Å². The van der Waals surface area contributed by atoms with Crippen molar-refractivity contribution in [3.05, 3.63) is 24.3 Å². The van der Waals surface area contributed by atoms with Gasteiger partial charge in [0.1, 0.15) is 6.10 Å². The molecular weight excluding hydrogens is 251 g/mol. The molecule has 0 fully saturated rings. The van der Waals surface area contributed by atoms with Crippen LogP contribution in [-0.2, 0) is 4.79 Å². The minimum atomic E-state index is -1.10. The van der Waals surface area contributed by atoms with Crippen LogP contribution in [0, 0.1) is 24.2 Å². The van der Waals surface area contributed by atoms with E-state index in [0.717, 1.165) is 6.42 Å². The van der Waals surface area contributed by atoms with Gasteiger partial charge >= 0.3 is 29.6 Å². The van der Waals surface area contributed by atoms with Gasteiger partial charge in [-0.2, -0.15) is 0 Å². The number of aliphatic carboxylic acids is 1. The third-order valence-corrected chi connectivity index (χ3v) is 1.99. The number of allylic oxidation sites excluding steroid dienone is 4. The number of unbranched alkanes of at least 4 members (excludes halogenated alkanes) is 1. The van der Waals surface area contributed by atoms with Crippen molar-refractivity contribution in [2.24, 2.45) is 0 Å². The molecule has 0 aliphatic rings. The van der Waals surface area contributed by atoms with Gasteiger partial charge in [-0.3, -0.25) is 0 Å². The summed E-state index contributed by atoms with van der Waals surface area (Å²) in [5.41, 5.74) is 0. The molecule has 3 nitrogen and oxygen atoms in total. The normalized spacial score (nSPS) is 11.4. The maximum Gasteiger partial charge on any atom is 1.00 e. The Kier molecular flexibility index (Phi) is 16.2. The quantitative estimate of drug-likeness (QED) is 0.247. The van der Waals surface area contributed by atoms with Gasteiger partial charge in [0.05, 0.1) is 0 Å². The van der Waals surface area contributed by atoms with Crippen molar-refractivity contribution in [3.8, 4) is 24.2 Å². The predicted molar refractivity (Wildman–Crippen MR) is 69.0 cm³/mol. The van der Waals surface area contributed by atoms with Gasteiger partial charge in [0, 0.05) is 12.4 Å². The number of carboxylic acid groups (broad SMARTS) is 1. The number of aliphatic hydroxyl groups is 1. The van der Waals surface area contributed by atoms with Crippen molar-refractivity contribution in [1.82, 2.24) is 0 Å². The van der Waals surface area contributed by atoms with E-state index in [4.69, 9.17) is 6.42 Å². The zero-order chi connectivity index (χ0) is 13.6. The van der Waals surface area contributed by atoms with Crippen molar-refractivity contribution in [1.29, 1.82) is 0 Å². The Hall–Kier alpha value is -0.970. The molecule has 0 aromatic carbocycles. The molecule has 19 heavy (non-hydrogen) atoms. The number of carbonyl (C=O) groups excluding carboxylic acids is 1. The first kappa shape index (κ1) is 20.3. The van der Waals surface area contributed by atoms with E-state index in [-0.39, 0.29) is 36.0 Å². The standard InChI is InChI=1S/C15H18O3.Na/c1-2-3-4-5-6-7-8-9-11-14(16)12-10-13-15(17)18;/h1,5-8,14,16H,3-4,10,12-13H2,(H,17,18);/q;+1/p-1/b6-5+,8-7+;/t14-;/m1./s1. The number of aliphatic hydroxyl groups excluding tert-OH is 1. The largest absolute Gasteiger partial charge is 1.00 e. The maximum absolute atomic E-state index is 10.1. The molecule has 1 N–H and O–H groups in total. The predicted octanol–water partition coefficient (Wildman–Crippen LogP) is -2.20. The Labute approximate surface area is 137 Å². The number of hydrogen-bond donors (Lipinski definition) is 1. The van der Waals surface area contributed by atoms with E-state index < -0.39 is 12.1 Å². The van der Waals surface area contributed by atoms with Gasteiger partial charge < -0.3 is 15.0 Å². The minimum absolute atomic E-state index is 0. The van der Waals surface area contributed by atoms with Crippen LogP contribution >= 0.6 is 0 Å². The molecule has 0 amide bonds. The fourth-order valence-electron chi connectivity index (χ4n) is 1.10. The molecule has 0 heterocycles. The molecule has 0 saturated heterocycles. The first-order chi connectivity index (χ1) is 8.66.